The van der Waals surface area contributed by atoms with Crippen LogP contribution in [0.2, 0.25) is 0 Å². The van der Waals surface area contributed by atoms with E-state index >= 15 is 0 Å². The third kappa shape index (κ3) is 7.66. The van der Waals surface area contributed by atoms with Gasteiger partial charge in [-0.1, -0.05) is 73.2 Å². The van der Waals surface area contributed by atoms with E-state index in [1.54, 1.807) is 0 Å². The Labute approximate surface area is 262 Å². The first-order valence-electron chi connectivity index (χ1n) is 16.4. The van der Waals surface area contributed by atoms with Crippen LogP contribution < -0.4 is 5.32 Å². The van der Waals surface area contributed by atoms with Gasteiger partial charge in [0, 0.05) is 23.9 Å². The lowest BCUT2D eigenvalue weighted by Crippen LogP contribution is -2.40. The minimum atomic E-state index is 0.262. The van der Waals surface area contributed by atoms with E-state index in [2.05, 4.69) is 107 Å². The molecule has 1 N–H and O–H groups in total. The third-order valence-corrected chi connectivity index (χ3v) is 10.5. The largest absolute Gasteiger partial charge is 0.442 e. The molecule has 2 aromatic heterocycles. The minimum Gasteiger partial charge on any atom is -0.442 e. The van der Waals surface area contributed by atoms with Gasteiger partial charge in [-0.25, -0.2) is 4.98 Å². The van der Waals surface area contributed by atoms with E-state index in [1.807, 2.05) is 11.3 Å². The van der Waals surface area contributed by atoms with Gasteiger partial charge in [-0.3, -0.25) is 4.90 Å². The Morgan fingerprint density at radius 1 is 0.837 bits per heavy atom. The van der Waals surface area contributed by atoms with Crippen molar-refractivity contribution in [3.8, 4) is 0 Å². The zero-order chi connectivity index (χ0) is 29.4. The normalized spacial score (nSPS) is 21.2. The van der Waals surface area contributed by atoms with Gasteiger partial charge in [-0.05, 0) is 100 Å². The number of hydrogen-bond donors (Lipinski definition) is 1. The molecule has 2 unspecified atom stereocenters. The van der Waals surface area contributed by atoms with Gasteiger partial charge >= 0.3 is 0 Å². The molecule has 0 spiro atoms. The first-order chi connectivity index (χ1) is 21.2. The Bertz CT molecular complexity index is 1360. The van der Waals surface area contributed by atoms with Crippen molar-refractivity contribution in [2.24, 2.45) is 11.8 Å². The highest BCUT2D eigenvalue weighted by Gasteiger charge is 2.39. The molecule has 1 saturated heterocycles. The summed E-state index contributed by atoms with van der Waals surface area (Å²) in [5.74, 6) is 3.22. The molecule has 0 bridgehead atoms. The van der Waals surface area contributed by atoms with Gasteiger partial charge in [0.25, 0.3) is 0 Å². The van der Waals surface area contributed by atoms with Gasteiger partial charge < -0.3 is 14.6 Å². The van der Waals surface area contributed by atoms with E-state index in [-0.39, 0.29) is 6.04 Å². The van der Waals surface area contributed by atoms with Gasteiger partial charge in [-0.2, -0.15) is 0 Å². The first kappa shape index (κ1) is 30.3. The van der Waals surface area contributed by atoms with E-state index in [9.17, 15) is 0 Å². The average molecular weight is 597 g/mol. The zero-order valence-corrected chi connectivity index (χ0v) is 26.8. The van der Waals surface area contributed by atoms with Crippen LogP contribution in [0.15, 0.2) is 82.6 Å². The number of hydrogen-bond acceptors (Lipinski definition) is 6. The minimum absolute atomic E-state index is 0.262. The fourth-order valence-electron chi connectivity index (χ4n) is 7.51. The van der Waals surface area contributed by atoms with Crippen LogP contribution >= 0.6 is 11.3 Å². The topological polar surface area (TPSA) is 44.5 Å². The Hall–Kier alpha value is -2.77. The summed E-state index contributed by atoms with van der Waals surface area (Å²) in [6.45, 7) is 3.81. The van der Waals surface area contributed by atoms with Crippen molar-refractivity contribution >= 4 is 11.3 Å². The van der Waals surface area contributed by atoms with Crippen molar-refractivity contribution in [1.82, 2.24) is 20.1 Å². The van der Waals surface area contributed by atoms with Crippen LogP contribution in [0, 0.1) is 11.8 Å². The number of aromatic nitrogens is 1. The van der Waals surface area contributed by atoms with Gasteiger partial charge in [0.1, 0.15) is 5.76 Å². The van der Waals surface area contributed by atoms with E-state index in [0.29, 0.717) is 24.4 Å². The maximum absolute atomic E-state index is 6.84. The van der Waals surface area contributed by atoms with Crippen LogP contribution in [-0.4, -0.2) is 42.0 Å². The summed E-state index contributed by atoms with van der Waals surface area (Å²) in [7, 11) is 4.50. The second-order valence-corrected chi connectivity index (χ2v) is 13.8. The van der Waals surface area contributed by atoms with E-state index in [0.717, 1.165) is 43.4 Å². The Balaban J connectivity index is 1.23. The van der Waals surface area contributed by atoms with Crippen molar-refractivity contribution in [1.29, 1.82) is 0 Å². The van der Waals surface area contributed by atoms with Gasteiger partial charge in [-0.15, -0.1) is 11.3 Å². The Morgan fingerprint density at radius 2 is 1.51 bits per heavy atom. The molecule has 1 aliphatic carbocycles. The number of benzene rings is 2. The van der Waals surface area contributed by atoms with Gasteiger partial charge in [0.2, 0.25) is 5.89 Å². The molecular formula is C37H48N4OS. The number of likely N-dealkylation sites (tertiary alicyclic amines) is 1. The standard InChI is InChI=1S/C37H48N4OS/c1-40(2)35(34-17-12-24-43-34)30-18-20-31(21-19-30)36(41-22-10-5-11-23-41)37-39-32(25-28-13-6-3-7-14-28)33(42-37)27-38-26-29-15-8-4-9-16-29/h3-4,6-9,12-17,24,30-31,35-36,38H,5,10-11,18-23,25-27H2,1-2H3. The lowest BCUT2D eigenvalue weighted by molar-refractivity contribution is 0.0554. The number of rotatable bonds is 12. The SMILES string of the molecule is CN(C)C(c1cccs1)C1CCC(C(c2nc(Cc3ccccc3)c(CNCc3ccccc3)o2)N2CCCCC2)CC1. The van der Waals surface area contributed by atoms with E-state index in [4.69, 9.17) is 9.40 Å². The first-order valence-corrected chi connectivity index (χ1v) is 17.2. The smallest absolute Gasteiger partial charge is 0.212 e. The van der Waals surface area contributed by atoms with E-state index in [1.165, 1.54) is 60.9 Å². The van der Waals surface area contributed by atoms with Crippen LogP contribution in [-0.2, 0) is 19.5 Å². The Kier molecular flexibility index (Phi) is 10.4. The highest BCUT2D eigenvalue weighted by molar-refractivity contribution is 7.10. The fraction of sp³-hybridized carbons (Fsp3) is 0.486. The molecular weight excluding hydrogens is 549 g/mol. The Morgan fingerprint density at radius 3 is 2.16 bits per heavy atom. The second-order valence-electron chi connectivity index (χ2n) is 12.8. The lowest BCUT2D eigenvalue weighted by Gasteiger charge is -2.42. The molecule has 1 saturated carbocycles. The van der Waals surface area contributed by atoms with Crippen molar-refractivity contribution < 1.29 is 4.42 Å². The van der Waals surface area contributed by atoms with Crippen molar-refractivity contribution in [2.45, 2.75) is 76.5 Å². The molecule has 0 amide bonds. The van der Waals surface area contributed by atoms with Crippen LogP contribution in [0.25, 0.3) is 0 Å². The molecule has 2 fully saturated rings. The van der Waals surface area contributed by atoms with Crippen molar-refractivity contribution in [3.63, 3.8) is 0 Å². The molecule has 2 atom stereocenters. The predicted molar refractivity (Wildman–Crippen MR) is 177 cm³/mol. The second kappa shape index (κ2) is 14.8. The predicted octanol–water partition coefficient (Wildman–Crippen LogP) is 8.25. The molecule has 1 aliphatic heterocycles. The summed E-state index contributed by atoms with van der Waals surface area (Å²) in [5, 5.41) is 5.87. The summed E-state index contributed by atoms with van der Waals surface area (Å²) in [6, 6.07) is 26.7. The molecule has 6 rings (SSSR count). The molecule has 228 valence electrons. The molecule has 2 aliphatic rings. The van der Waals surface area contributed by atoms with Crippen LogP contribution in [0.5, 0.6) is 0 Å². The maximum Gasteiger partial charge on any atom is 0.212 e. The zero-order valence-electron chi connectivity index (χ0n) is 26.0. The maximum atomic E-state index is 6.84. The summed E-state index contributed by atoms with van der Waals surface area (Å²) in [5.41, 5.74) is 3.65. The monoisotopic (exact) mass is 596 g/mol. The van der Waals surface area contributed by atoms with E-state index < -0.39 is 0 Å². The summed E-state index contributed by atoms with van der Waals surface area (Å²) in [4.78, 5) is 12.0. The third-order valence-electron chi connectivity index (χ3n) is 9.60. The van der Waals surface area contributed by atoms with Gasteiger partial charge in [0.05, 0.1) is 18.3 Å². The lowest BCUT2D eigenvalue weighted by atomic mass is 9.74. The molecule has 4 aromatic rings. The molecule has 0 radical (unpaired) electrons. The number of nitrogens with zero attached hydrogens (tertiary/aromatic N) is 3. The molecule has 43 heavy (non-hydrogen) atoms. The molecule has 3 heterocycles. The average Bonchev–Trinajstić information content (AvgIpc) is 3.70. The summed E-state index contributed by atoms with van der Waals surface area (Å²) < 4.78 is 6.84. The van der Waals surface area contributed by atoms with Crippen LogP contribution in [0.4, 0.5) is 0 Å². The van der Waals surface area contributed by atoms with Gasteiger partial charge in [0.15, 0.2) is 0 Å². The molecule has 6 heteroatoms. The number of piperidine rings is 1. The highest BCUT2D eigenvalue weighted by atomic mass is 32.1. The summed E-state index contributed by atoms with van der Waals surface area (Å²) >= 11 is 1.91. The van der Waals surface area contributed by atoms with Crippen LogP contribution in [0.1, 0.15) is 90.4 Å². The number of nitrogens with one attached hydrogen (secondary N) is 1. The summed E-state index contributed by atoms with van der Waals surface area (Å²) in [6.07, 6.45) is 9.68. The molecule has 5 nitrogen and oxygen atoms in total. The van der Waals surface area contributed by atoms with Crippen molar-refractivity contribution in [3.05, 3.63) is 112 Å². The van der Waals surface area contributed by atoms with Crippen LogP contribution in [0.3, 0.4) is 0 Å². The molecule has 2 aromatic carbocycles. The fourth-order valence-corrected chi connectivity index (χ4v) is 8.52. The number of oxazole rings is 1. The van der Waals surface area contributed by atoms with Crippen molar-refractivity contribution in [2.75, 3.05) is 27.2 Å². The quantitative estimate of drug-likeness (QED) is 0.178. The highest BCUT2D eigenvalue weighted by Crippen LogP contribution is 2.46. The number of thiophene rings is 1.